The number of urea groups is 1. The van der Waals surface area contributed by atoms with Crippen molar-refractivity contribution in [3.63, 3.8) is 0 Å². The minimum Gasteiger partial charge on any atom is -0.480 e. The number of nitrogens with one attached hydrogen (secondary N) is 1. The van der Waals surface area contributed by atoms with Crippen LogP contribution in [0, 0.1) is 0 Å². The lowest BCUT2D eigenvalue weighted by Crippen LogP contribution is -2.49. The molecule has 0 aliphatic carbocycles. The van der Waals surface area contributed by atoms with E-state index in [1.165, 1.54) is 35.7 Å². The summed E-state index contributed by atoms with van der Waals surface area (Å²) in [5, 5.41) is 11.3. The van der Waals surface area contributed by atoms with E-state index in [0.717, 1.165) is 0 Å². The van der Waals surface area contributed by atoms with Gasteiger partial charge in [-0.1, -0.05) is 0 Å². The molecule has 1 atom stereocenters. The molecule has 1 aliphatic rings. The molecule has 3 amide bonds. The van der Waals surface area contributed by atoms with Crippen molar-refractivity contribution < 1.29 is 19.5 Å². The molecule has 1 rings (SSSR count). The highest BCUT2D eigenvalue weighted by Gasteiger charge is 2.36. The Labute approximate surface area is 103 Å². The van der Waals surface area contributed by atoms with Crippen LogP contribution < -0.4 is 5.32 Å². The third kappa shape index (κ3) is 3.26. The van der Waals surface area contributed by atoms with Gasteiger partial charge in [0.2, 0.25) is 5.91 Å². The average Bonchev–Trinajstić information content (AvgIpc) is 2.76. The van der Waals surface area contributed by atoms with Crippen molar-refractivity contribution in [1.82, 2.24) is 15.1 Å². The van der Waals surface area contributed by atoms with Crippen molar-refractivity contribution in [3.05, 3.63) is 0 Å². The highest BCUT2D eigenvalue weighted by molar-refractivity contribution is 7.99. The Morgan fingerprint density at radius 2 is 2.18 bits per heavy atom. The molecule has 1 saturated heterocycles. The first-order valence-corrected chi connectivity index (χ1v) is 6.15. The number of hydrogen-bond donors (Lipinski definition) is 2. The number of carboxylic acid groups (broad SMARTS) is 1. The largest absolute Gasteiger partial charge is 0.480 e. The van der Waals surface area contributed by atoms with E-state index in [-0.39, 0.29) is 12.5 Å². The number of nitrogens with zero attached hydrogens (tertiary/aromatic N) is 2. The molecule has 0 aromatic heterocycles. The van der Waals surface area contributed by atoms with E-state index in [1.807, 2.05) is 0 Å². The maximum Gasteiger partial charge on any atom is 0.327 e. The van der Waals surface area contributed by atoms with Gasteiger partial charge in [0.05, 0.1) is 5.88 Å². The Morgan fingerprint density at radius 3 is 2.71 bits per heavy atom. The number of amides is 3. The first kappa shape index (κ1) is 13.6. The van der Waals surface area contributed by atoms with E-state index in [1.54, 1.807) is 0 Å². The van der Waals surface area contributed by atoms with Crippen LogP contribution in [0.25, 0.3) is 0 Å². The molecular formula is C9H15N3O4S. The van der Waals surface area contributed by atoms with Crippen molar-refractivity contribution in [3.8, 4) is 0 Å². The Kier molecular flexibility index (Phi) is 4.62. The minimum absolute atomic E-state index is 0.0805. The molecule has 0 aromatic rings. The van der Waals surface area contributed by atoms with Crippen molar-refractivity contribution in [2.75, 3.05) is 32.3 Å². The van der Waals surface area contributed by atoms with Gasteiger partial charge in [0.25, 0.3) is 0 Å². The second-order valence-corrected chi connectivity index (χ2v) is 4.64. The zero-order valence-corrected chi connectivity index (χ0v) is 10.5. The monoisotopic (exact) mass is 261 g/mol. The van der Waals surface area contributed by atoms with E-state index < -0.39 is 18.0 Å². The number of carbonyl (C=O) groups excluding carboxylic acids is 2. The van der Waals surface area contributed by atoms with Crippen molar-refractivity contribution >= 4 is 29.7 Å². The van der Waals surface area contributed by atoms with E-state index in [9.17, 15) is 14.4 Å². The van der Waals surface area contributed by atoms with Crippen LogP contribution in [-0.2, 0) is 9.59 Å². The van der Waals surface area contributed by atoms with Crippen molar-refractivity contribution in [2.24, 2.45) is 0 Å². The van der Waals surface area contributed by atoms with Gasteiger partial charge < -0.3 is 20.2 Å². The second-order valence-electron chi connectivity index (χ2n) is 3.64. The molecule has 96 valence electrons. The summed E-state index contributed by atoms with van der Waals surface area (Å²) in [7, 11) is 2.95. The Bertz CT molecular complexity index is 336. The van der Waals surface area contributed by atoms with Crippen LogP contribution in [0.15, 0.2) is 0 Å². The Balaban J connectivity index is 2.62. The summed E-state index contributed by atoms with van der Waals surface area (Å²) in [5.74, 6) is -0.584. The third-order valence-corrected chi connectivity index (χ3v) is 3.41. The molecule has 0 aromatic carbocycles. The fraction of sp³-hybridized carbons (Fsp3) is 0.667. The zero-order chi connectivity index (χ0) is 13.0. The fourth-order valence-corrected chi connectivity index (χ4v) is 2.56. The molecule has 2 N–H and O–H groups in total. The molecule has 0 radical (unpaired) electrons. The average molecular weight is 261 g/mol. The van der Waals surface area contributed by atoms with Gasteiger partial charge in [-0.15, -0.1) is 11.8 Å². The third-order valence-electron chi connectivity index (χ3n) is 2.40. The van der Waals surface area contributed by atoms with Crippen LogP contribution >= 0.6 is 11.8 Å². The second kappa shape index (κ2) is 5.76. The molecular weight excluding hydrogens is 246 g/mol. The van der Waals surface area contributed by atoms with E-state index >= 15 is 0 Å². The first-order chi connectivity index (χ1) is 7.97. The molecule has 1 heterocycles. The number of carbonyl (C=O) groups is 3. The Morgan fingerprint density at radius 1 is 1.53 bits per heavy atom. The van der Waals surface area contributed by atoms with Crippen molar-refractivity contribution in [2.45, 2.75) is 6.04 Å². The highest BCUT2D eigenvalue weighted by Crippen LogP contribution is 2.22. The summed E-state index contributed by atoms with van der Waals surface area (Å²) < 4.78 is 0. The van der Waals surface area contributed by atoms with Crippen LogP contribution in [0.2, 0.25) is 0 Å². The quantitative estimate of drug-likeness (QED) is 0.697. The van der Waals surface area contributed by atoms with Crippen LogP contribution in [0.1, 0.15) is 0 Å². The van der Waals surface area contributed by atoms with Gasteiger partial charge in [0, 0.05) is 19.8 Å². The summed E-state index contributed by atoms with van der Waals surface area (Å²) in [6.45, 7) is -0.0805. The molecule has 17 heavy (non-hydrogen) atoms. The number of aliphatic carboxylic acids is 1. The van der Waals surface area contributed by atoms with Gasteiger partial charge in [0.1, 0.15) is 12.6 Å². The van der Waals surface area contributed by atoms with Gasteiger partial charge in [-0.2, -0.15) is 0 Å². The lowest BCUT2D eigenvalue weighted by atomic mass is 10.3. The molecule has 1 fully saturated rings. The predicted molar refractivity (Wildman–Crippen MR) is 62.7 cm³/mol. The van der Waals surface area contributed by atoms with Crippen molar-refractivity contribution in [1.29, 1.82) is 0 Å². The number of carboxylic acids is 1. The minimum atomic E-state index is -1.02. The molecule has 0 unspecified atom stereocenters. The summed E-state index contributed by atoms with van der Waals surface area (Å²) in [6.07, 6.45) is 0. The van der Waals surface area contributed by atoms with Gasteiger partial charge in [0.15, 0.2) is 0 Å². The molecule has 0 saturated carbocycles. The number of rotatable bonds is 3. The number of likely N-dealkylation sites (N-methyl/N-ethyl adjacent to an activating group) is 2. The van der Waals surface area contributed by atoms with Crippen LogP contribution in [0.4, 0.5) is 4.79 Å². The van der Waals surface area contributed by atoms with E-state index in [0.29, 0.717) is 11.6 Å². The topological polar surface area (TPSA) is 90.0 Å². The molecule has 0 spiro atoms. The lowest BCUT2D eigenvalue weighted by molar-refractivity contribution is -0.140. The summed E-state index contributed by atoms with van der Waals surface area (Å²) in [4.78, 5) is 36.4. The van der Waals surface area contributed by atoms with Crippen LogP contribution in [-0.4, -0.2) is 71.1 Å². The van der Waals surface area contributed by atoms with Gasteiger partial charge in [-0.05, 0) is 0 Å². The first-order valence-electron chi connectivity index (χ1n) is 5.00. The maximum atomic E-state index is 11.9. The van der Waals surface area contributed by atoms with Crippen LogP contribution in [0.3, 0.4) is 0 Å². The SMILES string of the molecule is CNC(=O)CN(C)C(=O)N1CSC[C@H]1C(=O)O. The lowest BCUT2D eigenvalue weighted by Gasteiger charge is -2.26. The normalized spacial score (nSPS) is 18.9. The highest BCUT2D eigenvalue weighted by atomic mass is 32.2. The van der Waals surface area contributed by atoms with Gasteiger partial charge in [-0.3, -0.25) is 4.79 Å². The zero-order valence-electron chi connectivity index (χ0n) is 9.67. The standard InChI is InChI=1S/C9H15N3O4S/c1-10-7(13)3-11(2)9(16)12-5-17-4-6(12)8(14)15/h6H,3-5H2,1-2H3,(H,10,13)(H,14,15)/t6-/m0/s1. The number of thioether (sulfide) groups is 1. The molecule has 7 nitrogen and oxygen atoms in total. The fourth-order valence-electron chi connectivity index (χ4n) is 1.42. The Hall–Kier alpha value is -1.44. The summed E-state index contributed by atoms with van der Waals surface area (Å²) in [5.41, 5.74) is 0. The van der Waals surface area contributed by atoms with E-state index in [4.69, 9.17) is 5.11 Å². The number of hydrogen-bond acceptors (Lipinski definition) is 4. The summed E-state index contributed by atoms with van der Waals surface area (Å²) in [6, 6.07) is -1.24. The molecule has 8 heteroatoms. The van der Waals surface area contributed by atoms with E-state index in [2.05, 4.69) is 5.32 Å². The van der Waals surface area contributed by atoms with Gasteiger partial charge in [-0.25, -0.2) is 9.59 Å². The predicted octanol–water partition coefficient (Wildman–Crippen LogP) is -0.756. The maximum absolute atomic E-state index is 11.9. The van der Waals surface area contributed by atoms with Gasteiger partial charge >= 0.3 is 12.0 Å². The summed E-state index contributed by atoms with van der Waals surface area (Å²) >= 11 is 1.39. The molecule has 0 bridgehead atoms. The molecule has 1 aliphatic heterocycles. The smallest absolute Gasteiger partial charge is 0.327 e. The van der Waals surface area contributed by atoms with Crippen LogP contribution in [0.5, 0.6) is 0 Å².